The van der Waals surface area contributed by atoms with Crippen LogP contribution in [0.2, 0.25) is 0 Å². The van der Waals surface area contributed by atoms with Crippen LogP contribution in [0.25, 0.3) is 0 Å². The molecule has 1 heterocycles. The van der Waals surface area contributed by atoms with Crippen molar-refractivity contribution in [2.45, 2.75) is 31.6 Å². The van der Waals surface area contributed by atoms with E-state index >= 15 is 0 Å². The number of hydrogen-bond acceptors (Lipinski definition) is 1. The lowest BCUT2D eigenvalue weighted by Crippen LogP contribution is -2.13. The van der Waals surface area contributed by atoms with Gasteiger partial charge in [0.05, 0.1) is 0 Å². The third-order valence-electron chi connectivity index (χ3n) is 3.35. The van der Waals surface area contributed by atoms with Gasteiger partial charge in [-0.05, 0) is 42.7 Å². The van der Waals surface area contributed by atoms with Gasteiger partial charge in [-0.2, -0.15) is 0 Å². The number of pyridine rings is 1. The summed E-state index contributed by atoms with van der Waals surface area (Å²) in [5.74, 6) is 1.40. The van der Waals surface area contributed by atoms with Crippen molar-refractivity contribution in [2.24, 2.45) is 11.8 Å². The van der Waals surface area contributed by atoms with Crippen LogP contribution < -0.4 is 0 Å². The molecule has 1 nitrogen and oxygen atoms in total. The molecule has 1 saturated carbocycles. The van der Waals surface area contributed by atoms with E-state index in [0.29, 0.717) is 11.3 Å². The number of rotatable bonds is 2. The molecular weight excluding hydrogens is 194 g/mol. The summed E-state index contributed by atoms with van der Waals surface area (Å²) in [6, 6.07) is 4.16. The highest BCUT2D eigenvalue weighted by Crippen LogP contribution is 2.37. The van der Waals surface area contributed by atoms with Crippen molar-refractivity contribution in [3.8, 4) is 0 Å². The number of halogens is 1. The Bertz CT molecular complexity index is 286. The van der Waals surface area contributed by atoms with E-state index in [0.717, 1.165) is 12.3 Å². The fraction of sp³-hybridized carbons (Fsp3) is 0.583. The van der Waals surface area contributed by atoms with Crippen molar-refractivity contribution >= 4 is 11.6 Å². The van der Waals surface area contributed by atoms with Crippen molar-refractivity contribution in [1.29, 1.82) is 0 Å². The lowest BCUT2D eigenvalue weighted by Gasteiger charge is -2.16. The Kier molecular flexibility index (Phi) is 3.07. The maximum absolute atomic E-state index is 6.21. The zero-order chi connectivity index (χ0) is 9.97. The molecule has 3 atom stereocenters. The zero-order valence-corrected chi connectivity index (χ0v) is 9.24. The Morgan fingerprint density at radius 2 is 2.36 bits per heavy atom. The second kappa shape index (κ2) is 4.31. The normalized spacial score (nSPS) is 32.0. The smallest absolute Gasteiger partial charge is 0.0364 e. The summed E-state index contributed by atoms with van der Waals surface area (Å²) in [6.45, 7) is 2.27. The second-order valence-corrected chi connectivity index (χ2v) is 4.84. The van der Waals surface area contributed by atoms with Gasteiger partial charge in [0.1, 0.15) is 0 Å². The van der Waals surface area contributed by atoms with E-state index < -0.39 is 0 Å². The van der Waals surface area contributed by atoms with Crippen LogP contribution in [0.3, 0.4) is 0 Å². The Morgan fingerprint density at radius 3 is 2.93 bits per heavy atom. The van der Waals surface area contributed by atoms with Crippen molar-refractivity contribution in [3.63, 3.8) is 0 Å². The van der Waals surface area contributed by atoms with Crippen molar-refractivity contribution in [3.05, 3.63) is 30.1 Å². The van der Waals surface area contributed by atoms with Gasteiger partial charge in [-0.15, -0.1) is 11.6 Å². The Balaban J connectivity index is 1.99. The van der Waals surface area contributed by atoms with Gasteiger partial charge < -0.3 is 0 Å². The second-order valence-electron chi connectivity index (χ2n) is 4.28. The van der Waals surface area contributed by atoms with Crippen LogP contribution in [0.5, 0.6) is 0 Å². The molecule has 1 aromatic heterocycles. The molecule has 0 N–H and O–H groups in total. The molecule has 76 valence electrons. The first kappa shape index (κ1) is 9.97. The van der Waals surface area contributed by atoms with Gasteiger partial charge in [0.15, 0.2) is 0 Å². The van der Waals surface area contributed by atoms with E-state index in [1.54, 1.807) is 0 Å². The van der Waals surface area contributed by atoms with E-state index in [1.165, 1.54) is 18.4 Å². The lowest BCUT2D eigenvalue weighted by molar-refractivity contribution is 0.419. The van der Waals surface area contributed by atoms with Crippen LogP contribution in [0.1, 0.15) is 25.3 Å². The highest BCUT2D eigenvalue weighted by Gasteiger charge is 2.31. The zero-order valence-electron chi connectivity index (χ0n) is 8.49. The molecule has 0 radical (unpaired) electrons. The third-order valence-corrected chi connectivity index (χ3v) is 3.96. The summed E-state index contributed by atoms with van der Waals surface area (Å²) in [5.41, 5.74) is 1.34. The molecule has 1 aromatic rings. The molecule has 0 aliphatic heterocycles. The Hall–Kier alpha value is -0.560. The molecule has 0 saturated heterocycles. The van der Waals surface area contributed by atoms with Crippen LogP contribution in [0.15, 0.2) is 24.5 Å². The number of hydrogen-bond donors (Lipinski definition) is 0. The molecule has 3 unspecified atom stereocenters. The SMILES string of the molecule is CC1C(Cl)CCC1Cc1cccnc1. The van der Waals surface area contributed by atoms with Gasteiger partial charge in [-0.25, -0.2) is 0 Å². The average molecular weight is 210 g/mol. The van der Waals surface area contributed by atoms with Gasteiger partial charge in [0.25, 0.3) is 0 Å². The third kappa shape index (κ3) is 2.09. The van der Waals surface area contributed by atoms with Crippen molar-refractivity contribution < 1.29 is 0 Å². The first-order valence-electron chi connectivity index (χ1n) is 5.30. The number of nitrogens with zero attached hydrogens (tertiary/aromatic N) is 1. The fourth-order valence-corrected chi connectivity index (χ4v) is 2.64. The van der Waals surface area contributed by atoms with Crippen LogP contribution in [-0.4, -0.2) is 10.4 Å². The molecular formula is C12H16ClN. The first-order chi connectivity index (χ1) is 6.77. The summed E-state index contributed by atoms with van der Waals surface area (Å²) in [7, 11) is 0. The van der Waals surface area contributed by atoms with E-state index in [1.807, 2.05) is 18.5 Å². The minimum absolute atomic E-state index is 0.386. The van der Waals surface area contributed by atoms with E-state index in [4.69, 9.17) is 11.6 Å². The summed E-state index contributed by atoms with van der Waals surface area (Å²) >= 11 is 6.21. The lowest BCUT2D eigenvalue weighted by atomic mass is 9.91. The molecule has 0 aromatic carbocycles. The van der Waals surface area contributed by atoms with Gasteiger partial charge in [-0.3, -0.25) is 4.98 Å². The number of alkyl halides is 1. The molecule has 0 amide bonds. The summed E-state index contributed by atoms with van der Waals surface area (Å²) in [4.78, 5) is 4.14. The highest BCUT2D eigenvalue weighted by molar-refractivity contribution is 6.20. The van der Waals surface area contributed by atoms with Gasteiger partial charge >= 0.3 is 0 Å². The van der Waals surface area contributed by atoms with Gasteiger partial charge in [0, 0.05) is 17.8 Å². The minimum atomic E-state index is 0.386. The molecule has 0 spiro atoms. The predicted molar refractivity (Wildman–Crippen MR) is 59.5 cm³/mol. The predicted octanol–water partition coefficient (Wildman–Crippen LogP) is 3.28. The molecule has 14 heavy (non-hydrogen) atoms. The van der Waals surface area contributed by atoms with Crippen molar-refractivity contribution in [2.75, 3.05) is 0 Å². The van der Waals surface area contributed by atoms with Crippen LogP contribution in [-0.2, 0) is 6.42 Å². The van der Waals surface area contributed by atoms with Crippen LogP contribution >= 0.6 is 11.6 Å². The first-order valence-corrected chi connectivity index (χ1v) is 5.74. The Morgan fingerprint density at radius 1 is 1.50 bits per heavy atom. The monoisotopic (exact) mass is 209 g/mol. The molecule has 1 aliphatic carbocycles. The minimum Gasteiger partial charge on any atom is -0.264 e. The average Bonchev–Trinajstić information content (AvgIpc) is 2.52. The largest absolute Gasteiger partial charge is 0.264 e. The van der Waals surface area contributed by atoms with Crippen LogP contribution in [0.4, 0.5) is 0 Å². The molecule has 1 fully saturated rings. The van der Waals surface area contributed by atoms with Crippen molar-refractivity contribution in [1.82, 2.24) is 4.98 Å². The van der Waals surface area contributed by atoms with Gasteiger partial charge in [-0.1, -0.05) is 13.0 Å². The molecule has 1 aliphatic rings. The fourth-order valence-electron chi connectivity index (χ4n) is 2.30. The van der Waals surface area contributed by atoms with E-state index in [2.05, 4.69) is 18.0 Å². The van der Waals surface area contributed by atoms with Crippen LogP contribution in [0, 0.1) is 11.8 Å². The standard InChI is InChI=1S/C12H16ClN/c1-9-11(4-5-12(9)13)7-10-3-2-6-14-8-10/h2-3,6,8-9,11-12H,4-5,7H2,1H3. The summed E-state index contributed by atoms with van der Waals surface area (Å²) in [5, 5.41) is 0.386. The summed E-state index contributed by atoms with van der Waals surface area (Å²) in [6.07, 6.45) is 7.37. The molecule has 0 bridgehead atoms. The van der Waals surface area contributed by atoms with Gasteiger partial charge in [0.2, 0.25) is 0 Å². The highest BCUT2D eigenvalue weighted by atomic mass is 35.5. The van der Waals surface area contributed by atoms with E-state index in [-0.39, 0.29) is 0 Å². The molecule has 2 rings (SSSR count). The topological polar surface area (TPSA) is 12.9 Å². The summed E-state index contributed by atoms with van der Waals surface area (Å²) < 4.78 is 0. The number of aromatic nitrogens is 1. The quantitative estimate of drug-likeness (QED) is 0.682. The Labute approximate surface area is 90.5 Å². The maximum atomic E-state index is 6.21. The maximum Gasteiger partial charge on any atom is 0.0364 e. The van der Waals surface area contributed by atoms with E-state index in [9.17, 15) is 0 Å². The molecule has 2 heteroatoms.